The Morgan fingerprint density at radius 1 is 1.13 bits per heavy atom. The van der Waals surface area contributed by atoms with Crippen molar-refractivity contribution in [1.82, 2.24) is 20.1 Å². The lowest BCUT2D eigenvalue weighted by molar-refractivity contribution is -0.146. The van der Waals surface area contributed by atoms with Crippen LogP contribution in [0.1, 0.15) is 56.8 Å². The Labute approximate surface area is 190 Å². The van der Waals surface area contributed by atoms with Crippen molar-refractivity contribution in [3.05, 3.63) is 40.1 Å². The number of hydrogen-bond donors (Lipinski definition) is 1. The van der Waals surface area contributed by atoms with Crippen LogP contribution in [0.4, 0.5) is 0 Å². The van der Waals surface area contributed by atoms with Crippen molar-refractivity contribution < 1.29 is 4.79 Å². The van der Waals surface area contributed by atoms with Gasteiger partial charge in [0, 0.05) is 22.2 Å². The lowest BCUT2D eigenvalue weighted by Crippen LogP contribution is -2.53. The van der Waals surface area contributed by atoms with Gasteiger partial charge in [0.1, 0.15) is 0 Å². The van der Waals surface area contributed by atoms with Crippen LogP contribution >= 0.6 is 27.7 Å². The quantitative estimate of drug-likeness (QED) is 0.545. The molecular formula is C23H29BrN4OS. The van der Waals surface area contributed by atoms with E-state index in [1.165, 1.54) is 24.8 Å². The molecule has 4 saturated carbocycles. The number of nitrogens with one attached hydrogen (secondary N) is 1. The molecule has 4 aliphatic carbocycles. The number of halogens is 1. The van der Waals surface area contributed by atoms with E-state index in [2.05, 4.69) is 67.2 Å². The van der Waals surface area contributed by atoms with Gasteiger partial charge in [-0.2, -0.15) is 0 Å². The van der Waals surface area contributed by atoms with Gasteiger partial charge in [-0.25, -0.2) is 0 Å². The third-order valence-corrected chi connectivity index (χ3v) is 8.88. The molecule has 1 amide bonds. The van der Waals surface area contributed by atoms with Gasteiger partial charge in [-0.05, 0) is 80.9 Å². The summed E-state index contributed by atoms with van der Waals surface area (Å²) in [5.41, 5.74) is 1.15. The molecule has 0 radical (unpaired) electrons. The zero-order valence-corrected chi connectivity index (χ0v) is 19.8. The van der Waals surface area contributed by atoms with E-state index >= 15 is 0 Å². The molecule has 5 nitrogen and oxygen atoms in total. The average molecular weight is 489 g/mol. The number of carbonyl (C=O) groups is 1. The molecule has 4 fully saturated rings. The Balaban J connectivity index is 1.22. The number of nitrogens with zero attached hydrogens (tertiary/aromatic N) is 3. The van der Waals surface area contributed by atoms with E-state index in [4.69, 9.17) is 0 Å². The molecule has 160 valence electrons. The lowest BCUT2D eigenvalue weighted by Gasteiger charge is -2.55. The summed E-state index contributed by atoms with van der Waals surface area (Å²) in [6.07, 6.45) is 7.36. The molecule has 7 heteroatoms. The number of amides is 1. The van der Waals surface area contributed by atoms with Crippen LogP contribution in [0.15, 0.2) is 33.9 Å². The molecule has 6 rings (SSSR count). The summed E-state index contributed by atoms with van der Waals surface area (Å²) >= 11 is 5.17. The highest BCUT2D eigenvalue weighted by molar-refractivity contribution is 9.10. The van der Waals surface area contributed by atoms with Gasteiger partial charge in [0.15, 0.2) is 11.0 Å². The fourth-order valence-electron chi connectivity index (χ4n) is 6.34. The van der Waals surface area contributed by atoms with E-state index in [0.717, 1.165) is 64.8 Å². The Morgan fingerprint density at radius 3 is 2.37 bits per heavy atom. The molecule has 0 aliphatic heterocycles. The first-order valence-corrected chi connectivity index (χ1v) is 12.9. The van der Waals surface area contributed by atoms with Gasteiger partial charge in [-0.1, -0.05) is 39.8 Å². The third kappa shape index (κ3) is 3.95. The predicted molar refractivity (Wildman–Crippen MR) is 122 cm³/mol. The lowest BCUT2D eigenvalue weighted by atomic mass is 9.49. The summed E-state index contributed by atoms with van der Waals surface area (Å²) in [6, 6.07) is 8.37. The van der Waals surface area contributed by atoms with Gasteiger partial charge < -0.3 is 9.88 Å². The first kappa shape index (κ1) is 20.6. The van der Waals surface area contributed by atoms with Crippen LogP contribution in [0.2, 0.25) is 0 Å². The smallest absolute Gasteiger partial charge is 0.226 e. The number of thioether (sulfide) groups is 1. The summed E-state index contributed by atoms with van der Waals surface area (Å²) in [5.74, 6) is 4.31. The highest BCUT2D eigenvalue weighted by Crippen LogP contribution is 2.60. The molecule has 1 heterocycles. The van der Waals surface area contributed by atoms with Gasteiger partial charge >= 0.3 is 0 Å². The number of benzene rings is 1. The first-order chi connectivity index (χ1) is 14.5. The van der Waals surface area contributed by atoms with Crippen LogP contribution in [-0.2, 0) is 23.6 Å². The molecule has 2 aromatic rings. The number of rotatable bonds is 7. The Kier molecular flexibility index (Phi) is 5.69. The van der Waals surface area contributed by atoms with E-state index in [0.29, 0.717) is 6.54 Å². The molecule has 4 bridgehead atoms. The maximum atomic E-state index is 13.2. The van der Waals surface area contributed by atoms with E-state index in [1.807, 2.05) is 0 Å². The first-order valence-electron chi connectivity index (χ1n) is 11.1. The van der Waals surface area contributed by atoms with Gasteiger partial charge in [-0.15, -0.1) is 10.2 Å². The minimum Gasteiger partial charge on any atom is -0.348 e. The maximum Gasteiger partial charge on any atom is 0.226 e. The molecule has 0 saturated heterocycles. The number of aromatic nitrogens is 3. The third-order valence-electron chi connectivity index (χ3n) is 7.32. The molecule has 1 aromatic heterocycles. The Morgan fingerprint density at radius 2 is 1.77 bits per heavy atom. The van der Waals surface area contributed by atoms with Gasteiger partial charge in [0.2, 0.25) is 5.91 Å². The number of hydrogen-bond acceptors (Lipinski definition) is 4. The summed E-state index contributed by atoms with van der Waals surface area (Å²) in [5, 5.41) is 13.0. The summed E-state index contributed by atoms with van der Waals surface area (Å²) in [6.45, 7) is 3.38. The zero-order valence-electron chi connectivity index (χ0n) is 17.4. The van der Waals surface area contributed by atoms with Crippen LogP contribution in [0.25, 0.3) is 0 Å². The van der Waals surface area contributed by atoms with Gasteiger partial charge in [-0.3, -0.25) is 4.79 Å². The van der Waals surface area contributed by atoms with Crippen molar-refractivity contribution in [2.24, 2.45) is 23.2 Å². The topological polar surface area (TPSA) is 59.8 Å². The highest BCUT2D eigenvalue weighted by atomic mass is 79.9. The minimum absolute atomic E-state index is 0.106. The van der Waals surface area contributed by atoms with Crippen molar-refractivity contribution in [3.8, 4) is 0 Å². The van der Waals surface area contributed by atoms with Crippen LogP contribution in [0.3, 0.4) is 0 Å². The highest BCUT2D eigenvalue weighted by Gasteiger charge is 2.54. The largest absolute Gasteiger partial charge is 0.348 e. The molecule has 1 N–H and O–H groups in total. The second-order valence-electron chi connectivity index (χ2n) is 9.44. The van der Waals surface area contributed by atoms with Crippen molar-refractivity contribution in [2.45, 2.75) is 69.4 Å². The van der Waals surface area contributed by atoms with E-state index < -0.39 is 0 Å². The molecule has 0 atom stereocenters. The van der Waals surface area contributed by atoms with E-state index in [9.17, 15) is 4.79 Å². The van der Waals surface area contributed by atoms with Crippen LogP contribution < -0.4 is 5.32 Å². The second-order valence-corrected chi connectivity index (χ2v) is 11.3. The predicted octanol–water partition coefficient (Wildman–Crippen LogP) is 5.19. The molecular weight excluding hydrogens is 460 g/mol. The van der Waals surface area contributed by atoms with E-state index in [-0.39, 0.29) is 11.3 Å². The SMILES string of the molecule is CCn1c(CNC(=O)C23CC4CC(CC(C4)C2)C3)nnc1SCc1ccc(Br)cc1. The monoisotopic (exact) mass is 488 g/mol. The summed E-state index contributed by atoms with van der Waals surface area (Å²) in [7, 11) is 0. The van der Waals surface area contributed by atoms with Gasteiger partial charge in [0.25, 0.3) is 0 Å². The van der Waals surface area contributed by atoms with Gasteiger partial charge in [0.05, 0.1) is 6.54 Å². The van der Waals surface area contributed by atoms with Crippen molar-refractivity contribution in [2.75, 3.05) is 0 Å². The van der Waals surface area contributed by atoms with Crippen molar-refractivity contribution in [3.63, 3.8) is 0 Å². The van der Waals surface area contributed by atoms with Crippen LogP contribution in [0.5, 0.6) is 0 Å². The molecule has 0 spiro atoms. The van der Waals surface area contributed by atoms with Crippen LogP contribution in [0, 0.1) is 23.2 Å². The van der Waals surface area contributed by atoms with E-state index in [1.54, 1.807) is 11.8 Å². The van der Waals surface area contributed by atoms with Crippen molar-refractivity contribution >= 4 is 33.6 Å². The second kappa shape index (κ2) is 8.30. The van der Waals surface area contributed by atoms with Crippen LogP contribution in [-0.4, -0.2) is 20.7 Å². The fourth-order valence-corrected chi connectivity index (χ4v) is 7.58. The molecule has 4 aliphatic rings. The number of carbonyl (C=O) groups excluding carboxylic acids is 1. The maximum absolute atomic E-state index is 13.2. The Hall–Kier alpha value is -1.34. The zero-order chi connectivity index (χ0) is 20.7. The summed E-state index contributed by atoms with van der Waals surface area (Å²) in [4.78, 5) is 13.2. The fraction of sp³-hybridized carbons (Fsp3) is 0.609. The van der Waals surface area contributed by atoms with Crippen molar-refractivity contribution in [1.29, 1.82) is 0 Å². The Bertz CT molecular complexity index is 891. The molecule has 1 aromatic carbocycles. The molecule has 0 unspecified atom stereocenters. The normalized spacial score (nSPS) is 29.3. The minimum atomic E-state index is -0.106. The average Bonchev–Trinajstić information content (AvgIpc) is 3.12. The summed E-state index contributed by atoms with van der Waals surface area (Å²) < 4.78 is 3.22. The molecule has 30 heavy (non-hydrogen) atoms. The standard InChI is InChI=1S/C23H29BrN4OS/c1-2-28-20(26-27-22(28)30-14-15-3-5-19(24)6-4-15)13-25-21(29)23-10-16-7-17(11-23)9-18(8-16)12-23/h3-6,16-18H,2,7-14H2,1H3,(H,25,29).